The van der Waals surface area contributed by atoms with E-state index in [2.05, 4.69) is 50.3 Å². The van der Waals surface area contributed by atoms with E-state index in [9.17, 15) is 0 Å². The Hall–Kier alpha value is -1.04. The van der Waals surface area contributed by atoms with Crippen molar-refractivity contribution in [3.05, 3.63) is 41.5 Å². The summed E-state index contributed by atoms with van der Waals surface area (Å²) in [5.41, 5.74) is 2.99. The molecule has 1 aliphatic carbocycles. The first-order valence-electron chi connectivity index (χ1n) is 9.54. The van der Waals surface area contributed by atoms with E-state index in [-0.39, 0.29) is 0 Å². The monoisotopic (exact) mass is 298 g/mol. The van der Waals surface area contributed by atoms with Gasteiger partial charge in [-0.3, -0.25) is 0 Å². The molecule has 1 atom stereocenters. The Morgan fingerprint density at radius 1 is 0.818 bits per heavy atom. The summed E-state index contributed by atoms with van der Waals surface area (Å²) in [6, 6.07) is 8.87. The second kappa shape index (κ2) is 9.87. The van der Waals surface area contributed by atoms with E-state index in [1.54, 1.807) is 5.56 Å². The van der Waals surface area contributed by atoms with Crippen LogP contribution in [0.3, 0.4) is 0 Å². The second-order valence-electron chi connectivity index (χ2n) is 7.39. The minimum atomic E-state index is 0.687. The van der Waals surface area contributed by atoms with Crippen molar-refractivity contribution in [1.29, 1.82) is 0 Å². The summed E-state index contributed by atoms with van der Waals surface area (Å²) in [6.07, 6.45) is 18.9. The van der Waals surface area contributed by atoms with E-state index < -0.39 is 0 Å². The predicted molar refractivity (Wildman–Crippen MR) is 99.2 cm³/mol. The highest BCUT2D eigenvalue weighted by Crippen LogP contribution is 2.33. The fourth-order valence-electron chi connectivity index (χ4n) is 3.55. The number of hydrogen-bond donors (Lipinski definition) is 0. The molecule has 0 N–H and O–H groups in total. The lowest BCUT2D eigenvalue weighted by Gasteiger charge is -2.10. The first-order valence-corrected chi connectivity index (χ1v) is 9.54. The Morgan fingerprint density at radius 3 is 2.18 bits per heavy atom. The molecule has 0 saturated heterocycles. The average Bonchev–Trinajstić information content (AvgIpc) is 2.92. The van der Waals surface area contributed by atoms with Crippen LogP contribution in [0, 0.1) is 5.92 Å². The maximum absolute atomic E-state index is 2.40. The molecule has 0 bridgehead atoms. The highest BCUT2D eigenvalue weighted by Gasteiger charge is 2.15. The van der Waals surface area contributed by atoms with Crippen LogP contribution in [0.25, 0.3) is 6.08 Å². The van der Waals surface area contributed by atoms with Gasteiger partial charge in [-0.25, -0.2) is 0 Å². The molecule has 0 nitrogen and oxygen atoms in total. The van der Waals surface area contributed by atoms with Crippen LogP contribution in [-0.4, -0.2) is 0 Å². The van der Waals surface area contributed by atoms with Crippen molar-refractivity contribution in [2.24, 2.45) is 5.92 Å². The molecule has 0 amide bonds. The van der Waals surface area contributed by atoms with Crippen LogP contribution < -0.4 is 0 Å². The third-order valence-corrected chi connectivity index (χ3v) is 4.95. The normalized spacial score (nSPS) is 16.4. The van der Waals surface area contributed by atoms with E-state index in [0.29, 0.717) is 5.92 Å². The summed E-state index contributed by atoms with van der Waals surface area (Å²) in [5.74, 6) is 1.57. The van der Waals surface area contributed by atoms with Crippen molar-refractivity contribution in [3.8, 4) is 0 Å². The molecule has 1 aliphatic rings. The highest BCUT2D eigenvalue weighted by atomic mass is 14.2. The third-order valence-electron chi connectivity index (χ3n) is 4.95. The lowest BCUT2D eigenvalue weighted by Crippen LogP contribution is -1.93. The van der Waals surface area contributed by atoms with Gasteiger partial charge in [-0.2, -0.15) is 0 Å². The third kappa shape index (κ3) is 5.99. The van der Waals surface area contributed by atoms with Crippen molar-refractivity contribution in [2.45, 2.75) is 84.0 Å². The fourth-order valence-corrected chi connectivity index (χ4v) is 3.55. The van der Waals surface area contributed by atoms with Crippen LogP contribution in [0.1, 0.15) is 95.1 Å². The molecule has 122 valence electrons. The Kier molecular flexibility index (Phi) is 7.77. The molecule has 0 saturated carbocycles. The lowest BCUT2D eigenvalue weighted by atomic mass is 9.94. The van der Waals surface area contributed by atoms with Gasteiger partial charge >= 0.3 is 0 Å². The predicted octanol–water partition coefficient (Wildman–Crippen LogP) is 7.35. The largest absolute Gasteiger partial charge is 0.0764 e. The molecule has 0 heterocycles. The van der Waals surface area contributed by atoms with Gasteiger partial charge in [0.05, 0.1) is 0 Å². The quantitative estimate of drug-likeness (QED) is 0.374. The summed E-state index contributed by atoms with van der Waals surface area (Å²) >= 11 is 0. The standard InChI is InChI=1S/C22H34/c1-19(2)13-9-7-5-3-4-6-8-10-14-20-17-18-21-15-11-12-16-22(20)21/h11-12,15-20H,3-10,13-14H2,1-2H3. The van der Waals surface area contributed by atoms with Crippen LogP contribution in [0.2, 0.25) is 0 Å². The molecule has 0 fully saturated rings. The number of fused-ring (bicyclic) bond motifs is 1. The first kappa shape index (κ1) is 17.3. The zero-order valence-corrected chi connectivity index (χ0v) is 14.7. The number of benzene rings is 1. The van der Waals surface area contributed by atoms with E-state index in [1.165, 1.54) is 69.8 Å². The maximum atomic E-state index is 2.40. The molecule has 0 aromatic heterocycles. The molecule has 0 radical (unpaired) electrons. The van der Waals surface area contributed by atoms with Gasteiger partial charge in [-0.15, -0.1) is 0 Å². The van der Waals surface area contributed by atoms with Gasteiger partial charge in [0.25, 0.3) is 0 Å². The van der Waals surface area contributed by atoms with Crippen molar-refractivity contribution < 1.29 is 0 Å². The second-order valence-corrected chi connectivity index (χ2v) is 7.39. The minimum Gasteiger partial charge on any atom is -0.0764 e. The summed E-state index contributed by atoms with van der Waals surface area (Å²) in [6.45, 7) is 4.66. The summed E-state index contributed by atoms with van der Waals surface area (Å²) in [7, 11) is 0. The van der Waals surface area contributed by atoms with Crippen LogP contribution in [0.5, 0.6) is 0 Å². The Labute approximate surface area is 138 Å². The molecule has 0 heteroatoms. The molecule has 1 aromatic carbocycles. The van der Waals surface area contributed by atoms with Crippen molar-refractivity contribution in [3.63, 3.8) is 0 Å². The number of hydrogen-bond acceptors (Lipinski definition) is 0. The Balaban J connectivity index is 1.45. The molecule has 1 aromatic rings. The van der Waals surface area contributed by atoms with Crippen molar-refractivity contribution >= 4 is 6.08 Å². The average molecular weight is 299 g/mol. The number of unbranched alkanes of at least 4 members (excludes halogenated alkanes) is 7. The minimum absolute atomic E-state index is 0.687. The lowest BCUT2D eigenvalue weighted by molar-refractivity contribution is 0.504. The zero-order chi connectivity index (χ0) is 15.6. The first-order chi connectivity index (χ1) is 10.8. The molecule has 22 heavy (non-hydrogen) atoms. The summed E-state index contributed by atoms with van der Waals surface area (Å²) in [5, 5.41) is 0. The fraction of sp³-hybridized carbons (Fsp3) is 0.636. The van der Waals surface area contributed by atoms with E-state index in [0.717, 1.165) is 5.92 Å². The Bertz CT molecular complexity index is 441. The van der Waals surface area contributed by atoms with E-state index >= 15 is 0 Å². The maximum Gasteiger partial charge on any atom is 0.00272 e. The van der Waals surface area contributed by atoms with Crippen LogP contribution >= 0.6 is 0 Å². The molecular weight excluding hydrogens is 264 g/mol. The van der Waals surface area contributed by atoms with Gasteiger partial charge in [0, 0.05) is 5.92 Å². The highest BCUT2D eigenvalue weighted by molar-refractivity contribution is 5.62. The van der Waals surface area contributed by atoms with Crippen LogP contribution in [0.15, 0.2) is 30.3 Å². The molecule has 0 spiro atoms. The van der Waals surface area contributed by atoms with E-state index in [1.807, 2.05) is 0 Å². The summed E-state index contributed by atoms with van der Waals surface area (Å²) in [4.78, 5) is 0. The summed E-state index contributed by atoms with van der Waals surface area (Å²) < 4.78 is 0. The van der Waals surface area contributed by atoms with Gasteiger partial charge in [-0.1, -0.05) is 108 Å². The van der Waals surface area contributed by atoms with Gasteiger partial charge < -0.3 is 0 Å². The van der Waals surface area contributed by atoms with Gasteiger partial charge in [0.15, 0.2) is 0 Å². The smallest absolute Gasteiger partial charge is 0.00272 e. The molecule has 0 aliphatic heterocycles. The number of allylic oxidation sites excluding steroid dienone is 1. The SMILES string of the molecule is CC(C)CCCCCCCCCCC1C=Cc2ccccc21. The van der Waals surface area contributed by atoms with Gasteiger partial charge in [-0.05, 0) is 23.5 Å². The van der Waals surface area contributed by atoms with Crippen LogP contribution in [-0.2, 0) is 0 Å². The number of rotatable bonds is 11. The van der Waals surface area contributed by atoms with Gasteiger partial charge in [0.1, 0.15) is 0 Å². The van der Waals surface area contributed by atoms with Crippen molar-refractivity contribution in [2.75, 3.05) is 0 Å². The molecule has 1 unspecified atom stereocenters. The van der Waals surface area contributed by atoms with Crippen LogP contribution in [0.4, 0.5) is 0 Å². The van der Waals surface area contributed by atoms with Gasteiger partial charge in [0.2, 0.25) is 0 Å². The zero-order valence-electron chi connectivity index (χ0n) is 14.7. The molecular formula is C22H34. The van der Waals surface area contributed by atoms with Crippen molar-refractivity contribution in [1.82, 2.24) is 0 Å². The molecule has 2 rings (SSSR count). The Morgan fingerprint density at radius 2 is 1.45 bits per heavy atom. The topological polar surface area (TPSA) is 0 Å². The van der Waals surface area contributed by atoms with E-state index in [4.69, 9.17) is 0 Å².